The van der Waals surface area contributed by atoms with Crippen molar-refractivity contribution in [3.63, 3.8) is 0 Å². The number of rotatable bonds is 9. The van der Waals surface area contributed by atoms with Crippen molar-refractivity contribution in [2.75, 3.05) is 13.2 Å². The van der Waals surface area contributed by atoms with Crippen LogP contribution in [0, 0.1) is 16.7 Å². The zero-order valence-corrected chi connectivity index (χ0v) is 12.8. The maximum Gasteiger partial charge on any atom is 0.475 e. The zero-order chi connectivity index (χ0) is 14.2. The molecule has 0 saturated carbocycles. The van der Waals surface area contributed by atoms with E-state index in [1.165, 1.54) is 0 Å². The molecular formula is C12H24NO4P. The molecule has 0 rings (SSSR count). The summed E-state index contributed by atoms with van der Waals surface area (Å²) in [7, 11) is -3.50. The van der Waals surface area contributed by atoms with Crippen LogP contribution in [0.3, 0.4) is 0 Å². The molecule has 0 fully saturated rings. The van der Waals surface area contributed by atoms with Crippen molar-refractivity contribution < 1.29 is 18.1 Å². The van der Waals surface area contributed by atoms with E-state index < -0.39 is 13.2 Å². The fourth-order valence-electron chi connectivity index (χ4n) is 1.47. The molecular weight excluding hydrogens is 253 g/mol. The van der Waals surface area contributed by atoms with Gasteiger partial charge >= 0.3 is 7.82 Å². The molecule has 106 valence electrons. The van der Waals surface area contributed by atoms with Crippen LogP contribution in [0.4, 0.5) is 0 Å². The van der Waals surface area contributed by atoms with Gasteiger partial charge in [-0.25, -0.2) is 4.57 Å². The summed E-state index contributed by atoms with van der Waals surface area (Å²) < 4.78 is 27.8. The standard InChI is InChI=1S/C12H24NO4P/c1-6-11(9-12(4,5)10-13)17-18(14,15-7-2)16-8-3/h11H,6-9H2,1-5H3. The Bertz CT molecular complexity index is 315. The van der Waals surface area contributed by atoms with Gasteiger partial charge in [-0.3, -0.25) is 13.6 Å². The lowest BCUT2D eigenvalue weighted by molar-refractivity contribution is 0.0665. The fraction of sp³-hybridized carbons (Fsp3) is 0.917. The van der Waals surface area contributed by atoms with Crippen LogP contribution in [0.2, 0.25) is 0 Å². The lowest BCUT2D eigenvalue weighted by atomic mass is 9.88. The summed E-state index contributed by atoms with van der Waals surface area (Å²) in [5.74, 6) is 0. The molecule has 0 saturated heterocycles. The van der Waals surface area contributed by atoms with E-state index in [0.29, 0.717) is 12.8 Å². The molecule has 0 aliphatic carbocycles. The van der Waals surface area contributed by atoms with Crippen LogP contribution in [0.15, 0.2) is 0 Å². The maximum atomic E-state index is 12.2. The van der Waals surface area contributed by atoms with Gasteiger partial charge in [-0.1, -0.05) is 6.92 Å². The summed E-state index contributed by atoms with van der Waals surface area (Å²) >= 11 is 0. The molecule has 0 amide bonds. The molecule has 0 heterocycles. The van der Waals surface area contributed by atoms with Crippen molar-refractivity contribution in [2.45, 2.75) is 53.6 Å². The molecule has 6 heteroatoms. The summed E-state index contributed by atoms with van der Waals surface area (Å²) in [6.07, 6.45) is 0.822. The average molecular weight is 277 g/mol. The first-order valence-electron chi connectivity index (χ1n) is 6.31. The number of hydrogen-bond donors (Lipinski definition) is 0. The third-order valence-electron chi connectivity index (χ3n) is 2.35. The van der Waals surface area contributed by atoms with Gasteiger partial charge in [0.15, 0.2) is 0 Å². The quantitative estimate of drug-likeness (QED) is 0.598. The molecule has 1 atom stereocenters. The summed E-state index contributed by atoms with van der Waals surface area (Å²) in [5.41, 5.74) is -0.524. The van der Waals surface area contributed by atoms with Crippen LogP contribution in [0.1, 0.15) is 47.5 Å². The number of nitriles is 1. The number of nitrogens with zero attached hydrogens (tertiary/aromatic N) is 1. The van der Waals surface area contributed by atoms with Gasteiger partial charge in [-0.05, 0) is 40.5 Å². The van der Waals surface area contributed by atoms with E-state index in [1.807, 2.05) is 20.8 Å². The Labute approximate surface area is 110 Å². The average Bonchev–Trinajstić information content (AvgIpc) is 2.28. The lowest BCUT2D eigenvalue weighted by Crippen LogP contribution is -2.21. The van der Waals surface area contributed by atoms with E-state index in [9.17, 15) is 4.57 Å². The smallest absolute Gasteiger partial charge is 0.287 e. The van der Waals surface area contributed by atoms with E-state index >= 15 is 0 Å². The number of hydrogen-bond acceptors (Lipinski definition) is 5. The maximum absolute atomic E-state index is 12.2. The summed E-state index contributed by atoms with van der Waals surface area (Å²) in [6.45, 7) is 9.55. The molecule has 0 aromatic heterocycles. The second-order valence-electron chi connectivity index (χ2n) is 4.62. The Balaban J connectivity index is 4.68. The number of phosphoric acid groups is 1. The minimum absolute atomic E-state index is 0.259. The molecule has 1 unspecified atom stereocenters. The first-order chi connectivity index (χ1) is 8.32. The third kappa shape index (κ3) is 6.51. The Morgan fingerprint density at radius 3 is 2.06 bits per heavy atom. The second-order valence-corrected chi connectivity index (χ2v) is 6.24. The highest BCUT2D eigenvalue weighted by molar-refractivity contribution is 7.48. The minimum Gasteiger partial charge on any atom is -0.287 e. The number of phosphoric ester groups is 1. The molecule has 5 nitrogen and oxygen atoms in total. The van der Waals surface area contributed by atoms with Crippen molar-refractivity contribution >= 4 is 7.82 Å². The summed E-state index contributed by atoms with van der Waals surface area (Å²) in [5, 5.41) is 9.01. The lowest BCUT2D eigenvalue weighted by Gasteiger charge is -2.26. The Morgan fingerprint density at radius 1 is 1.22 bits per heavy atom. The van der Waals surface area contributed by atoms with Gasteiger partial charge < -0.3 is 0 Å². The van der Waals surface area contributed by atoms with E-state index in [1.54, 1.807) is 13.8 Å². The molecule has 0 aromatic carbocycles. The van der Waals surface area contributed by atoms with Crippen LogP contribution in [0.25, 0.3) is 0 Å². The zero-order valence-electron chi connectivity index (χ0n) is 11.9. The Hall–Kier alpha value is -0.400. The predicted molar refractivity (Wildman–Crippen MR) is 70.0 cm³/mol. The van der Waals surface area contributed by atoms with Gasteiger partial charge in [0.2, 0.25) is 0 Å². The first-order valence-corrected chi connectivity index (χ1v) is 7.77. The normalized spacial score (nSPS) is 14.2. The largest absolute Gasteiger partial charge is 0.475 e. The van der Waals surface area contributed by atoms with Crippen LogP contribution >= 0.6 is 7.82 Å². The Morgan fingerprint density at radius 2 is 1.72 bits per heavy atom. The van der Waals surface area contributed by atoms with Crippen LogP contribution in [0.5, 0.6) is 0 Å². The SMILES string of the molecule is CCOP(=O)(OCC)OC(CC)CC(C)(C)C#N. The van der Waals surface area contributed by atoms with Crippen molar-refractivity contribution in [2.24, 2.45) is 5.41 Å². The minimum atomic E-state index is -3.50. The molecule has 0 N–H and O–H groups in total. The molecule has 0 aliphatic rings. The monoisotopic (exact) mass is 277 g/mol. The molecule has 18 heavy (non-hydrogen) atoms. The summed E-state index contributed by atoms with van der Waals surface area (Å²) in [4.78, 5) is 0. The van der Waals surface area contributed by atoms with Crippen molar-refractivity contribution in [3.8, 4) is 6.07 Å². The van der Waals surface area contributed by atoms with Gasteiger partial charge in [0, 0.05) is 0 Å². The van der Waals surface area contributed by atoms with E-state index in [4.69, 9.17) is 18.8 Å². The molecule has 0 radical (unpaired) electrons. The van der Waals surface area contributed by atoms with Crippen LogP contribution in [-0.2, 0) is 18.1 Å². The van der Waals surface area contributed by atoms with Gasteiger partial charge in [0.1, 0.15) is 0 Å². The molecule has 0 aliphatic heterocycles. The van der Waals surface area contributed by atoms with Crippen molar-refractivity contribution in [3.05, 3.63) is 0 Å². The van der Waals surface area contributed by atoms with Gasteiger partial charge in [-0.2, -0.15) is 5.26 Å². The molecule has 0 bridgehead atoms. The predicted octanol–water partition coefficient (Wildman–Crippen LogP) is 3.90. The van der Waals surface area contributed by atoms with Gasteiger partial charge in [-0.15, -0.1) is 0 Å². The van der Waals surface area contributed by atoms with Gasteiger partial charge in [0.25, 0.3) is 0 Å². The Kier molecular flexibility index (Phi) is 7.73. The van der Waals surface area contributed by atoms with Gasteiger partial charge in [0.05, 0.1) is 30.8 Å². The first kappa shape index (κ1) is 17.6. The van der Waals surface area contributed by atoms with E-state index in [-0.39, 0.29) is 19.3 Å². The van der Waals surface area contributed by atoms with Crippen LogP contribution in [-0.4, -0.2) is 19.3 Å². The highest BCUT2D eigenvalue weighted by atomic mass is 31.2. The third-order valence-corrected chi connectivity index (χ3v) is 4.05. The van der Waals surface area contributed by atoms with Crippen molar-refractivity contribution in [1.82, 2.24) is 0 Å². The highest BCUT2D eigenvalue weighted by Crippen LogP contribution is 2.51. The van der Waals surface area contributed by atoms with Crippen molar-refractivity contribution in [1.29, 1.82) is 5.26 Å². The molecule has 0 spiro atoms. The highest BCUT2D eigenvalue weighted by Gasteiger charge is 2.32. The summed E-state index contributed by atoms with van der Waals surface area (Å²) in [6, 6.07) is 2.20. The molecule has 0 aromatic rings. The van der Waals surface area contributed by atoms with E-state index in [2.05, 4.69) is 6.07 Å². The van der Waals surface area contributed by atoms with Crippen LogP contribution < -0.4 is 0 Å². The fourth-order valence-corrected chi connectivity index (χ4v) is 2.89. The second kappa shape index (κ2) is 7.91. The van der Waals surface area contributed by atoms with E-state index in [0.717, 1.165) is 0 Å². The topological polar surface area (TPSA) is 68.6 Å².